The molecule has 316 valence electrons. The lowest BCUT2D eigenvalue weighted by molar-refractivity contribution is 1.07. The van der Waals surface area contributed by atoms with Crippen molar-refractivity contribution in [2.45, 2.75) is 6.92 Å². The molecule has 9 aromatic carbocycles. The molecule has 0 fully saturated rings. The van der Waals surface area contributed by atoms with Crippen LogP contribution in [0.25, 0.3) is 112 Å². The fourth-order valence-corrected chi connectivity index (χ4v) is 8.55. The number of benzene rings is 9. The molecule has 0 atom stereocenters. The first-order chi connectivity index (χ1) is 33.1. The van der Waals surface area contributed by atoms with E-state index in [0.717, 1.165) is 94.8 Å². The molecule has 2 aromatic heterocycles. The first-order valence-corrected chi connectivity index (χ1v) is 22.6. The van der Waals surface area contributed by atoms with Crippen molar-refractivity contribution in [3.05, 3.63) is 254 Å². The van der Waals surface area contributed by atoms with Crippen molar-refractivity contribution in [2.24, 2.45) is 0 Å². The van der Waals surface area contributed by atoms with E-state index in [-0.39, 0.29) is 0 Å². The number of pyridine rings is 1. The van der Waals surface area contributed by atoms with Gasteiger partial charge in [0.2, 0.25) is 0 Å². The van der Waals surface area contributed by atoms with Crippen molar-refractivity contribution in [3.63, 3.8) is 0 Å². The van der Waals surface area contributed by atoms with E-state index in [2.05, 4.69) is 237 Å². The van der Waals surface area contributed by atoms with Gasteiger partial charge in [-0.3, -0.25) is 0 Å². The average molecular weight is 857 g/mol. The van der Waals surface area contributed by atoms with Gasteiger partial charge in [-0.25, -0.2) is 19.9 Å². The molecule has 4 nitrogen and oxygen atoms in total. The van der Waals surface area contributed by atoms with Gasteiger partial charge in [-0.05, 0) is 92.9 Å². The Morgan fingerprint density at radius 3 is 0.866 bits per heavy atom. The topological polar surface area (TPSA) is 51.6 Å². The van der Waals surface area contributed by atoms with Crippen LogP contribution in [0.1, 0.15) is 5.56 Å². The molecule has 11 aromatic rings. The van der Waals surface area contributed by atoms with Gasteiger partial charge in [-0.1, -0.05) is 224 Å². The van der Waals surface area contributed by atoms with Gasteiger partial charge in [0, 0.05) is 27.8 Å². The molecule has 0 N–H and O–H groups in total. The number of aryl methyl sites for hydroxylation is 1. The number of aromatic nitrogens is 4. The van der Waals surface area contributed by atoms with E-state index in [9.17, 15) is 0 Å². The average Bonchev–Trinajstić information content (AvgIpc) is 3.42. The molecular formula is C63H44N4. The molecule has 0 amide bonds. The molecule has 0 aliphatic heterocycles. The summed E-state index contributed by atoms with van der Waals surface area (Å²) in [4.78, 5) is 20.8. The molecule has 4 heteroatoms. The lowest BCUT2D eigenvalue weighted by Crippen LogP contribution is -2.01. The summed E-state index contributed by atoms with van der Waals surface area (Å²) < 4.78 is 0. The van der Waals surface area contributed by atoms with Crippen LogP contribution in [0.3, 0.4) is 0 Å². The first kappa shape index (κ1) is 40.9. The van der Waals surface area contributed by atoms with E-state index < -0.39 is 0 Å². The van der Waals surface area contributed by atoms with E-state index in [1.54, 1.807) is 0 Å². The summed E-state index contributed by atoms with van der Waals surface area (Å²) in [6.45, 7) is 2.12. The standard InChI is InChI=1S/C63H44N4/c1-43-22-24-49(25-23-43)55-38-56(50-26-32-52(33-27-50)60-42-57(46-18-10-4-11-19-46)41-59(64-60)51-20-12-5-13-21-51)40-58(39-55)63-66-61(53-34-28-47(29-35-53)44-14-6-2-7-15-44)65-62(67-63)54-36-30-48(31-37-54)45-16-8-3-9-17-45/h2-42H,1H3. The summed E-state index contributed by atoms with van der Waals surface area (Å²) in [5, 5.41) is 0. The molecule has 0 saturated heterocycles. The van der Waals surface area contributed by atoms with Crippen molar-refractivity contribution in [3.8, 4) is 112 Å². The molecule has 0 unspecified atom stereocenters. The van der Waals surface area contributed by atoms with Gasteiger partial charge in [-0.2, -0.15) is 0 Å². The van der Waals surface area contributed by atoms with Crippen LogP contribution in [0.15, 0.2) is 249 Å². The second kappa shape index (κ2) is 18.3. The van der Waals surface area contributed by atoms with Crippen LogP contribution in [-0.2, 0) is 0 Å². The van der Waals surface area contributed by atoms with E-state index in [1.165, 1.54) is 5.56 Å². The molecule has 0 aliphatic carbocycles. The number of hydrogen-bond donors (Lipinski definition) is 0. The van der Waals surface area contributed by atoms with Crippen molar-refractivity contribution < 1.29 is 0 Å². The minimum Gasteiger partial charge on any atom is -0.248 e. The highest BCUT2D eigenvalue weighted by Crippen LogP contribution is 2.36. The minimum atomic E-state index is 0.599. The van der Waals surface area contributed by atoms with Crippen molar-refractivity contribution >= 4 is 0 Å². The van der Waals surface area contributed by atoms with Crippen LogP contribution in [-0.4, -0.2) is 19.9 Å². The van der Waals surface area contributed by atoms with Gasteiger partial charge >= 0.3 is 0 Å². The van der Waals surface area contributed by atoms with Gasteiger partial charge in [-0.15, -0.1) is 0 Å². The molecule has 67 heavy (non-hydrogen) atoms. The van der Waals surface area contributed by atoms with Gasteiger partial charge in [0.05, 0.1) is 11.4 Å². The maximum absolute atomic E-state index is 5.24. The van der Waals surface area contributed by atoms with Crippen LogP contribution in [0, 0.1) is 6.92 Å². The molecule has 0 saturated carbocycles. The van der Waals surface area contributed by atoms with Crippen molar-refractivity contribution in [1.82, 2.24) is 19.9 Å². The van der Waals surface area contributed by atoms with E-state index >= 15 is 0 Å². The zero-order chi connectivity index (χ0) is 44.9. The number of hydrogen-bond acceptors (Lipinski definition) is 4. The fraction of sp³-hybridized carbons (Fsp3) is 0.0159. The highest BCUT2D eigenvalue weighted by Gasteiger charge is 2.17. The second-order valence-corrected chi connectivity index (χ2v) is 16.8. The smallest absolute Gasteiger partial charge is 0.164 e. The Labute approximate surface area is 391 Å². The van der Waals surface area contributed by atoms with Crippen LogP contribution in [0.5, 0.6) is 0 Å². The van der Waals surface area contributed by atoms with Gasteiger partial charge in [0.25, 0.3) is 0 Å². The SMILES string of the molecule is Cc1ccc(-c2cc(-c3ccc(-c4cc(-c5ccccc5)cc(-c5ccccc5)n4)cc3)cc(-c3nc(-c4ccc(-c5ccccc5)cc4)nc(-c4ccc(-c5ccccc5)cc4)n3)c2)cc1. The molecule has 0 aliphatic rings. The Kier molecular flexibility index (Phi) is 11.2. The summed E-state index contributed by atoms with van der Waals surface area (Å²) in [5.41, 5.74) is 19.1. The van der Waals surface area contributed by atoms with Gasteiger partial charge in [0.15, 0.2) is 17.5 Å². The Morgan fingerprint density at radius 2 is 0.448 bits per heavy atom. The summed E-state index contributed by atoms with van der Waals surface area (Å²) >= 11 is 0. The summed E-state index contributed by atoms with van der Waals surface area (Å²) in [5.74, 6) is 1.82. The Bertz CT molecular complexity index is 3290. The van der Waals surface area contributed by atoms with Crippen LogP contribution < -0.4 is 0 Å². The largest absolute Gasteiger partial charge is 0.248 e. The lowest BCUT2D eigenvalue weighted by atomic mass is 9.94. The molecular weight excluding hydrogens is 813 g/mol. The third kappa shape index (κ3) is 8.97. The number of nitrogens with zero attached hydrogens (tertiary/aromatic N) is 4. The van der Waals surface area contributed by atoms with Crippen LogP contribution in [0.2, 0.25) is 0 Å². The number of rotatable bonds is 10. The summed E-state index contributed by atoms with van der Waals surface area (Å²) in [6.07, 6.45) is 0. The molecule has 0 spiro atoms. The maximum Gasteiger partial charge on any atom is 0.164 e. The zero-order valence-corrected chi connectivity index (χ0v) is 37.0. The van der Waals surface area contributed by atoms with Crippen molar-refractivity contribution in [1.29, 1.82) is 0 Å². The maximum atomic E-state index is 5.24. The Morgan fingerprint density at radius 1 is 0.194 bits per heavy atom. The zero-order valence-electron chi connectivity index (χ0n) is 37.0. The first-order valence-electron chi connectivity index (χ1n) is 22.6. The highest BCUT2D eigenvalue weighted by atomic mass is 15.0. The third-order valence-electron chi connectivity index (χ3n) is 12.2. The minimum absolute atomic E-state index is 0.599. The molecule has 0 radical (unpaired) electrons. The lowest BCUT2D eigenvalue weighted by Gasteiger charge is -2.14. The fourth-order valence-electron chi connectivity index (χ4n) is 8.55. The predicted octanol–water partition coefficient (Wildman–Crippen LogP) is 16.2. The predicted molar refractivity (Wildman–Crippen MR) is 277 cm³/mol. The van der Waals surface area contributed by atoms with E-state index in [1.807, 2.05) is 18.2 Å². The Balaban J connectivity index is 1.02. The second-order valence-electron chi connectivity index (χ2n) is 16.8. The van der Waals surface area contributed by atoms with Gasteiger partial charge < -0.3 is 0 Å². The van der Waals surface area contributed by atoms with E-state index in [0.29, 0.717) is 17.5 Å². The molecule has 11 rings (SSSR count). The highest BCUT2D eigenvalue weighted by molar-refractivity contribution is 5.83. The van der Waals surface area contributed by atoms with Crippen LogP contribution in [0.4, 0.5) is 0 Å². The Hall–Kier alpha value is -8.86. The summed E-state index contributed by atoms with van der Waals surface area (Å²) in [7, 11) is 0. The normalized spacial score (nSPS) is 11.1. The van der Waals surface area contributed by atoms with Gasteiger partial charge in [0.1, 0.15) is 0 Å². The van der Waals surface area contributed by atoms with Crippen LogP contribution >= 0.6 is 0 Å². The van der Waals surface area contributed by atoms with Crippen molar-refractivity contribution in [2.75, 3.05) is 0 Å². The van der Waals surface area contributed by atoms with E-state index in [4.69, 9.17) is 19.9 Å². The quantitative estimate of drug-likeness (QED) is 0.137. The third-order valence-corrected chi connectivity index (χ3v) is 12.2. The molecule has 2 heterocycles. The summed E-state index contributed by atoms with van der Waals surface area (Å²) in [6, 6.07) is 87.2. The monoisotopic (exact) mass is 856 g/mol. The molecule has 0 bridgehead atoms.